The SMILES string of the molecule is CCCCCC(C)NCCN(C)Cc1ccc(OC)cc1. The Labute approximate surface area is 130 Å². The van der Waals surface area contributed by atoms with Crippen molar-refractivity contribution in [3.8, 4) is 5.75 Å². The van der Waals surface area contributed by atoms with Crippen molar-refractivity contribution in [1.82, 2.24) is 10.2 Å². The number of hydrogen-bond acceptors (Lipinski definition) is 3. The summed E-state index contributed by atoms with van der Waals surface area (Å²) in [6.07, 6.45) is 5.28. The molecule has 3 heteroatoms. The smallest absolute Gasteiger partial charge is 0.118 e. The zero-order valence-electron chi connectivity index (χ0n) is 14.2. The highest BCUT2D eigenvalue weighted by Gasteiger charge is 2.03. The minimum absolute atomic E-state index is 0.630. The molecule has 0 amide bonds. The molecule has 0 heterocycles. The Kier molecular flexibility index (Phi) is 9.11. The van der Waals surface area contributed by atoms with Crippen LogP contribution in [0.15, 0.2) is 24.3 Å². The Morgan fingerprint density at radius 1 is 1.19 bits per heavy atom. The topological polar surface area (TPSA) is 24.5 Å². The summed E-state index contributed by atoms with van der Waals surface area (Å²) >= 11 is 0. The first-order valence-corrected chi connectivity index (χ1v) is 8.20. The Hall–Kier alpha value is -1.06. The molecule has 1 unspecified atom stereocenters. The van der Waals surface area contributed by atoms with E-state index in [1.54, 1.807) is 7.11 Å². The van der Waals surface area contributed by atoms with Crippen molar-refractivity contribution in [2.75, 3.05) is 27.2 Å². The van der Waals surface area contributed by atoms with Gasteiger partial charge in [-0.2, -0.15) is 0 Å². The highest BCUT2D eigenvalue weighted by Crippen LogP contribution is 2.12. The molecule has 0 aliphatic heterocycles. The first kappa shape index (κ1) is 18.0. The van der Waals surface area contributed by atoms with Crippen LogP contribution in [0.2, 0.25) is 0 Å². The number of unbranched alkanes of at least 4 members (excludes halogenated alkanes) is 2. The maximum atomic E-state index is 5.18. The van der Waals surface area contributed by atoms with Gasteiger partial charge in [-0.05, 0) is 38.1 Å². The van der Waals surface area contributed by atoms with Gasteiger partial charge in [-0.15, -0.1) is 0 Å². The lowest BCUT2D eigenvalue weighted by atomic mass is 10.1. The summed E-state index contributed by atoms with van der Waals surface area (Å²) in [5, 5.41) is 3.61. The zero-order valence-corrected chi connectivity index (χ0v) is 14.2. The van der Waals surface area contributed by atoms with Crippen LogP contribution >= 0.6 is 0 Å². The van der Waals surface area contributed by atoms with Crippen LogP contribution < -0.4 is 10.1 Å². The number of likely N-dealkylation sites (N-methyl/N-ethyl adjacent to an activating group) is 1. The van der Waals surface area contributed by atoms with Crippen LogP contribution in [0.25, 0.3) is 0 Å². The largest absolute Gasteiger partial charge is 0.497 e. The molecule has 1 N–H and O–H groups in total. The fourth-order valence-corrected chi connectivity index (χ4v) is 2.43. The van der Waals surface area contributed by atoms with Gasteiger partial charge in [-0.25, -0.2) is 0 Å². The predicted octanol–water partition coefficient (Wildman–Crippen LogP) is 3.69. The molecule has 120 valence electrons. The fraction of sp³-hybridized carbons (Fsp3) is 0.667. The fourth-order valence-electron chi connectivity index (χ4n) is 2.43. The van der Waals surface area contributed by atoms with E-state index in [9.17, 15) is 0 Å². The van der Waals surface area contributed by atoms with Gasteiger partial charge in [0.05, 0.1) is 7.11 Å². The maximum absolute atomic E-state index is 5.18. The van der Waals surface area contributed by atoms with Gasteiger partial charge in [0.2, 0.25) is 0 Å². The second-order valence-electron chi connectivity index (χ2n) is 5.94. The van der Waals surface area contributed by atoms with Crippen molar-refractivity contribution in [3.63, 3.8) is 0 Å². The van der Waals surface area contributed by atoms with Crippen LogP contribution in [0, 0.1) is 0 Å². The third-order valence-electron chi connectivity index (χ3n) is 3.84. The number of benzene rings is 1. The number of nitrogens with one attached hydrogen (secondary N) is 1. The van der Waals surface area contributed by atoms with E-state index in [2.05, 4.69) is 43.2 Å². The molecule has 0 saturated carbocycles. The molecule has 1 rings (SSSR count). The Balaban J connectivity index is 2.16. The summed E-state index contributed by atoms with van der Waals surface area (Å²) in [4.78, 5) is 2.35. The van der Waals surface area contributed by atoms with E-state index in [0.717, 1.165) is 25.4 Å². The van der Waals surface area contributed by atoms with Crippen LogP contribution in [0.5, 0.6) is 5.75 Å². The highest BCUT2D eigenvalue weighted by molar-refractivity contribution is 5.26. The molecule has 0 spiro atoms. The van der Waals surface area contributed by atoms with Crippen molar-refractivity contribution in [2.24, 2.45) is 0 Å². The quantitative estimate of drug-likeness (QED) is 0.630. The van der Waals surface area contributed by atoms with E-state index in [1.165, 1.54) is 31.2 Å². The Morgan fingerprint density at radius 2 is 1.90 bits per heavy atom. The van der Waals surface area contributed by atoms with Crippen molar-refractivity contribution >= 4 is 0 Å². The molecule has 0 aromatic heterocycles. The third-order valence-corrected chi connectivity index (χ3v) is 3.84. The zero-order chi connectivity index (χ0) is 15.5. The van der Waals surface area contributed by atoms with Gasteiger partial charge >= 0.3 is 0 Å². The summed E-state index contributed by atoms with van der Waals surface area (Å²) in [6.45, 7) is 7.66. The molecule has 3 nitrogen and oxygen atoms in total. The molecule has 0 aliphatic carbocycles. The summed E-state index contributed by atoms with van der Waals surface area (Å²) < 4.78 is 5.18. The van der Waals surface area contributed by atoms with E-state index >= 15 is 0 Å². The number of nitrogens with zero attached hydrogens (tertiary/aromatic N) is 1. The Morgan fingerprint density at radius 3 is 2.52 bits per heavy atom. The lowest BCUT2D eigenvalue weighted by molar-refractivity contribution is 0.315. The first-order chi connectivity index (χ1) is 10.2. The lowest BCUT2D eigenvalue weighted by Gasteiger charge is -2.19. The minimum Gasteiger partial charge on any atom is -0.497 e. The second kappa shape index (κ2) is 10.6. The highest BCUT2D eigenvalue weighted by atomic mass is 16.5. The van der Waals surface area contributed by atoms with Crippen LogP contribution in [0.3, 0.4) is 0 Å². The normalized spacial score (nSPS) is 12.6. The molecule has 21 heavy (non-hydrogen) atoms. The molecule has 0 radical (unpaired) electrons. The van der Waals surface area contributed by atoms with Crippen molar-refractivity contribution in [2.45, 2.75) is 52.1 Å². The molecule has 1 atom stereocenters. The van der Waals surface area contributed by atoms with Gasteiger partial charge in [-0.3, -0.25) is 0 Å². The van der Waals surface area contributed by atoms with E-state index in [0.29, 0.717) is 6.04 Å². The standard InChI is InChI=1S/C18H32N2O/c1-5-6-7-8-16(2)19-13-14-20(3)15-17-9-11-18(21-4)12-10-17/h9-12,16,19H,5-8,13-15H2,1-4H3. The number of methoxy groups -OCH3 is 1. The van der Waals surface area contributed by atoms with Crippen LogP contribution in [0.4, 0.5) is 0 Å². The average Bonchev–Trinajstić information content (AvgIpc) is 2.48. The molecule has 0 saturated heterocycles. The summed E-state index contributed by atoms with van der Waals surface area (Å²) in [6, 6.07) is 8.95. The molecule has 0 aliphatic rings. The number of ether oxygens (including phenoxy) is 1. The summed E-state index contributed by atoms with van der Waals surface area (Å²) in [7, 11) is 3.88. The van der Waals surface area contributed by atoms with Gasteiger partial charge in [-0.1, -0.05) is 38.3 Å². The average molecular weight is 292 g/mol. The lowest BCUT2D eigenvalue weighted by Crippen LogP contribution is -2.34. The predicted molar refractivity (Wildman–Crippen MR) is 90.9 cm³/mol. The van der Waals surface area contributed by atoms with E-state index in [1.807, 2.05) is 12.1 Å². The van der Waals surface area contributed by atoms with E-state index in [-0.39, 0.29) is 0 Å². The van der Waals surface area contributed by atoms with Gasteiger partial charge in [0.1, 0.15) is 5.75 Å². The molecule has 0 bridgehead atoms. The van der Waals surface area contributed by atoms with Crippen LogP contribution in [0.1, 0.15) is 45.1 Å². The number of hydrogen-bond donors (Lipinski definition) is 1. The minimum atomic E-state index is 0.630. The summed E-state index contributed by atoms with van der Waals surface area (Å²) in [5.41, 5.74) is 1.33. The first-order valence-electron chi connectivity index (χ1n) is 8.20. The van der Waals surface area contributed by atoms with Gasteiger partial charge < -0.3 is 15.0 Å². The van der Waals surface area contributed by atoms with Gasteiger partial charge in [0.15, 0.2) is 0 Å². The summed E-state index contributed by atoms with van der Waals surface area (Å²) in [5.74, 6) is 0.920. The number of rotatable bonds is 11. The maximum Gasteiger partial charge on any atom is 0.118 e. The van der Waals surface area contributed by atoms with E-state index in [4.69, 9.17) is 4.74 Å². The molecule has 1 aromatic carbocycles. The molecular formula is C18H32N2O. The van der Waals surface area contributed by atoms with Crippen LogP contribution in [-0.4, -0.2) is 38.2 Å². The molecular weight excluding hydrogens is 260 g/mol. The van der Waals surface area contributed by atoms with Crippen molar-refractivity contribution in [3.05, 3.63) is 29.8 Å². The van der Waals surface area contributed by atoms with Crippen molar-refractivity contribution in [1.29, 1.82) is 0 Å². The van der Waals surface area contributed by atoms with Crippen LogP contribution in [-0.2, 0) is 6.54 Å². The second-order valence-corrected chi connectivity index (χ2v) is 5.94. The monoisotopic (exact) mass is 292 g/mol. The third kappa shape index (κ3) is 8.08. The molecule has 0 fully saturated rings. The van der Waals surface area contributed by atoms with Gasteiger partial charge in [0.25, 0.3) is 0 Å². The van der Waals surface area contributed by atoms with Crippen molar-refractivity contribution < 1.29 is 4.74 Å². The molecule has 1 aromatic rings. The van der Waals surface area contributed by atoms with E-state index < -0.39 is 0 Å². The van der Waals surface area contributed by atoms with Gasteiger partial charge in [0, 0.05) is 25.7 Å². The Bertz CT molecular complexity index is 364.